The Morgan fingerprint density at radius 1 is 0.622 bits per heavy atom. The Morgan fingerprint density at radius 2 is 0.978 bits per heavy atom. The van der Waals surface area contributed by atoms with Crippen molar-refractivity contribution in [3.63, 3.8) is 0 Å². The second-order valence-corrected chi connectivity index (χ2v) is 9.61. The van der Waals surface area contributed by atoms with Crippen LogP contribution in [0.3, 0.4) is 0 Å². The number of benzene rings is 3. The maximum absolute atomic E-state index is 12.9. The molecule has 0 saturated carbocycles. The van der Waals surface area contributed by atoms with Crippen molar-refractivity contribution in [1.29, 1.82) is 0 Å². The van der Waals surface area contributed by atoms with Gasteiger partial charge in [-0.15, -0.1) is 0 Å². The number of phenols is 9. The molecule has 0 aromatic heterocycles. The van der Waals surface area contributed by atoms with Crippen molar-refractivity contribution in [1.82, 2.24) is 0 Å². The maximum Gasteiger partial charge on any atom is 0.338 e. The fraction of sp³-hybridized carbons (Fsp3) is 0.222. The molecule has 0 aliphatic carbocycles. The van der Waals surface area contributed by atoms with Gasteiger partial charge in [-0.25, -0.2) is 14.4 Å². The molecule has 11 N–H and O–H groups in total. The van der Waals surface area contributed by atoms with Gasteiger partial charge in [0, 0.05) is 0 Å². The summed E-state index contributed by atoms with van der Waals surface area (Å²) < 4.78 is 20.4. The van der Waals surface area contributed by atoms with Gasteiger partial charge in [0.25, 0.3) is 0 Å². The fourth-order valence-corrected chi connectivity index (χ4v) is 4.13. The van der Waals surface area contributed by atoms with Crippen molar-refractivity contribution >= 4 is 17.9 Å². The first-order valence-corrected chi connectivity index (χ1v) is 12.4. The zero-order chi connectivity index (χ0) is 33.4. The summed E-state index contributed by atoms with van der Waals surface area (Å²) in [7, 11) is 0. The number of ether oxygens (including phenoxy) is 4. The van der Waals surface area contributed by atoms with E-state index in [0.717, 1.165) is 12.1 Å². The van der Waals surface area contributed by atoms with Gasteiger partial charge in [0.1, 0.15) is 19.3 Å². The molecule has 240 valence electrons. The van der Waals surface area contributed by atoms with Crippen LogP contribution in [-0.4, -0.2) is 111 Å². The molecule has 0 bridgehead atoms. The van der Waals surface area contributed by atoms with Crippen molar-refractivity contribution < 1.29 is 89.5 Å². The van der Waals surface area contributed by atoms with Crippen LogP contribution in [0.1, 0.15) is 31.1 Å². The minimum atomic E-state index is -2.83. The third kappa shape index (κ3) is 6.27. The molecule has 4 rings (SSSR count). The Kier molecular flexibility index (Phi) is 8.58. The van der Waals surface area contributed by atoms with Crippen LogP contribution in [0.15, 0.2) is 36.4 Å². The SMILES string of the molecule is O=C(OC[C@H]1O[C@H](O)[C@](O)(COC(=O)c2cc(O)c(O)c(O)c2)[C@@H]1OC(=O)c1cc(O)c(O)c(O)c1)c1cc(O)c(O)c(O)c1. The summed E-state index contributed by atoms with van der Waals surface area (Å²) in [6.07, 6.45) is -6.13. The first kappa shape index (κ1) is 32.1. The summed E-state index contributed by atoms with van der Waals surface area (Å²) in [4.78, 5) is 38.1. The number of hydrogen-bond acceptors (Lipinski definition) is 18. The van der Waals surface area contributed by atoms with Gasteiger partial charge in [-0.1, -0.05) is 0 Å². The number of carbonyl (C=O) groups is 3. The Morgan fingerprint density at radius 3 is 1.38 bits per heavy atom. The summed E-state index contributed by atoms with van der Waals surface area (Å²) in [5.74, 6) is -12.3. The molecular weight excluding hydrogens is 612 g/mol. The highest BCUT2D eigenvalue weighted by Gasteiger charge is 2.59. The summed E-state index contributed by atoms with van der Waals surface area (Å²) in [5.41, 5.74) is -4.44. The number of aliphatic hydroxyl groups is 2. The standard InChI is InChI=1S/C27H24O18/c28-12-1-9(2-13(29)19(12)34)23(37)42-7-18-22(45-25(39)11-5-16(32)21(36)17(33)6-11)27(41,26(40)44-18)8-43-24(38)10-3-14(30)20(35)15(31)4-10/h1-6,18,22,26,28-36,40-41H,7-8H2/t18-,22-,26+,27+/m1/s1. The molecule has 1 heterocycles. The maximum atomic E-state index is 12.9. The average Bonchev–Trinajstić information content (AvgIpc) is 3.22. The predicted molar refractivity (Wildman–Crippen MR) is 140 cm³/mol. The van der Waals surface area contributed by atoms with E-state index in [2.05, 4.69) is 0 Å². The summed E-state index contributed by atoms with van der Waals surface area (Å²) in [5, 5.41) is 109. The number of rotatable bonds is 8. The quantitative estimate of drug-likeness (QED) is 0.0860. The minimum Gasteiger partial charge on any atom is -0.504 e. The third-order valence-corrected chi connectivity index (χ3v) is 6.53. The van der Waals surface area contributed by atoms with E-state index in [-0.39, 0.29) is 0 Å². The van der Waals surface area contributed by atoms with Crippen LogP contribution < -0.4 is 0 Å². The second-order valence-electron chi connectivity index (χ2n) is 9.61. The molecule has 0 spiro atoms. The number of aliphatic hydroxyl groups excluding tert-OH is 1. The number of phenolic OH excluding ortho intramolecular Hbond substituents is 9. The largest absolute Gasteiger partial charge is 0.504 e. The molecule has 18 heteroatoms. The van der Waals surface area contributed by atoms with E-state index in [1.165, 1.54) is 0 Å². The molecule has 0 unspecified atom stereocenters. The molecular formula is C27H24O18. The molecule has 1 aliphatic heterocycles. The van der Waals surface area contributed by atoms with Crippen molar-refractivity contribution in [2.75, 3.05) is 13.2 Å². The van der Waals surface area contributed by atoms with Crippen molar-refractivity contribution in [3.8, 4) is 51.7 Å². The highest BCUT2D eigenvalue weighted by Crippen LogP contribution is 2.39. The first-order valence-electron chi connectivity index (χ1n) is 12.4. The van der Waals surface area contributed by atoms with E-state index in [1.54, 1.807) is 0 Å². The summed E-state index contributed by atoms with van der Waals surface area (Å²) >= 11 is 0. The van der Waals surface area contributed by atoms with Gasteiger partial charge in [-0.3, -0.25) is 0 Å². The summed E-state index contributed by atoms with van der Waals surface area (Å²) in [6, 6.07) is 4.21. The first-order chi connectivity index (χ1) is 21.0. The van der Waals surface area contributed by atoms with Gasteiger partial charge in [0.2, 0.25) is 0 Å². The van der Waals surface area contributed by atoms with Crippen LogP contribution in [0.4, 0.5) is 0 Å². The number of hydrogen-bond donors (Lipinski definition) is 11. The molecule has 4 atom stereocenters. The normalized spacial score (nSPS) is 20.8. The highest BCUT2D eigenvalue weighted by molar-refractivity contribution is 5.92. The van der Waals surface area contributed by atoms with Gasteiger partial charge >= 0.3 is 17.9 Å². The van der Waals surface area contributed by atoms with Crippen LogP contribution in [0, 0.1) is 0 Å². The molecule has 0 amide bonds. The van der Waals surface area contributed by atoms with Gasteiger partial charge in [0.15, 0.2) is 69.7 Å². The van der Waals surface area contributed by atoms with Crippen LogP contribution >= 0.6 is 0 Å². The second kappa shape index (κ2) is 12.0. The van der Waals surface area contributed by atoms with Gasteiger partial charge in [0.05, 0.1) is 16.7 Å². The lowest BCUT2D eigenvalue weighted by Crippen LogP contribution is -2.54. The number of esters is 3. The van der Waals surface area contributed by atoms with E-state index in [9.17, 15) is 70.6 Å². The third-order valence-electron chi connectivity index (χ3n) is 6.53. The smallest absolute Gasteiger partial charge is 0.338 e. The lowest BCUT2D eigenvalue weighted by molar-refractivity contribution is -0.191. The minimum absolute atomic E-state index is 0.477. The van der Waals surface area contributed by atoms with Gasteiger partial charge in [-0.05, 0) is 36.4 Å². The van der Waals surface area contributed by atoms with E-state index in [1.807, 2.05) is 0 Å². The molecule has 18 nitrogen and oxygen atoms in total. The van der Waals surface area contributed by atoms with Crippen LogP contribution in [-0.2, 0) is 18.9 Å². The van der Waals surface area contributed by atoms with Crippen molar-refractivity contribution in [3.05, 3.63) is 53.1 Å². The Bertz CT molecular complexity index is 1600. The Balaban J connectivity index is 1.60. The van der Waals surface area contributed by atoms with E-state index in [0.29, 0.717) is 24.3 Å². The van der Waals surface area contributed by atoms with Gasteiger partial charge < -0.3 is 75.1 Å². The lowest BCUT2D eigenvalue weighted by Gasteiger charge is -2.30. The molecule has 0 radical (unpaired) electrons. The Labute approximate surface area is 249 Å². The predicted octanol–water partition coefficient (Wildman–Crippen LogP) is -0.275. The van der Waals surface area contributed by atoms with E-state index >= 15 is 0 Å². The van der Waals surface area contributed by atoms with Crippen molar-refractivity contribution in [2.45, 2.75) is 24.1 Å². The molecule has 3 aromatic carbocycles. The zero-order valence-corrected chi connectivity index (χ0v) is 22.4. The Hall–Kier alpha value is -5.85. The summed E-state index contributed by atoms with van der Waals surface area (Å²) in [6.45, 7) is -2.14. The van der Waals surface area contributed by atoms with Crippen LogP contribution in [0.25, 0.3) is 0 Å². The lowest BCUT2D eigenvalue weighted by atomic mass is 9.95. The zero-order valence-electron chi connectivity index (χ0n) is 22.4. The molecule has 1 fully saturated rings. The molecule has 45 heavy (non-hydrogen) atoms. The molecule has 1 saturated heterocycles. The molecule has 3 aromatic rings. The number of aromatic hydroxyl groups is 9. The van der Waals surface area contributed by atoms with Gasteiger partial charge in [-0.2, -0.15) is 0 Å². The van der Waals surface area contributed by atoms with Crippen LogP contribution in [0.2, 0.25) is 0 Å². The fourth-order valence-electron chi connectivity index (χ4n) is 4.13. The topological polar surface area (TPSA) is 311 Å². The number of carbonyl (C=O) groups excluding carboxylic acids is 3. The van der Waals surface area contributed by atoms with Crippen LogP contribution in [0.5, 0.6) is 51.7 Å². The highest BCUT2D eigenvalue weighted by atomic mass is 16.7. The monoisotopic (exact) mass is 636 g/mol. The van der Waals surface area contributed by atoms with E-state index < -0.39 is 124 Å². The average molecular weight is 636 g/mol. The molecule has 1 aliphatic rings. The van der Waals surface area contributed by atoms with E-state index in [4.69, 9.17) is 18.9 Å². The van der Waals surface area contributed by atoms with Crippen molar-refractivity contribution in [2.24, 2.45) is 0 Å².